The molecule has 0 saturated carbocycles. The van der Waals surface area contributed by atoms with Crippen molar-refractivity contribution in [3.8, 4) is 0 Å². The topological polar surface area (TPSA) is 88.1 Å². The van der Waals surface area contributed by atoms with Crippen LogP contribution in [0.3, 0.4) is 0 Å². The Bertz CT molecular complexity index is 1110. The lowest BCUT2D eigenvalue weighted by atomic mass is 10.2. The van der Waals surface area contributed by atoms with Crippen LogP contribution in [0.1, 0.15) is 27.4 Å². The van der Waals surface area contributed by atoms with E-state index in [1.54, 1.807) is 32.2 Å². The molecule has 3 heterocycles. The third kappa shape index (κ3) is 2.86. The average Bonchev–Trinajstić information content (AvgIpc) is 3.35. The molecule has 8 heteroatoms. The largest absolute Gasteiger partial charge is 0.359 e. The first-order chi connectivity index (χ1) is 12.9. The van der Waals surface area contributed by atoms with Crippen molar-refractivity contribution < 1.29 is 13.2 Å². The van der Waals surface area contributed by atoms with Crippen molar-refractivity contribution in [2.75, 3.05) is 10.8 Å². The van der Waals surface area contributed by atoms with Crippen LogP contribution in [0.15, 0.2) is 47.5 Å². The lowest BCUT2D eigenvalue weighted by Crippen LogP contribution is -2.30. The maximum atomic E-state index is 13.3. The van der Waals surface area contributed by atoms with Gasteiger partial charge in [-0.2, -0.15) is 5.10 Å². The number of H-pyrrole nitrogens is 1. The molecule has 0 unspecified atom stereocenters. The molecule has 0 atom stereocenters. The molecular formula is C19H20N4O3S. The smallest absolute Gasteiger partial charge is 0.268 e. The Morgan fingerprint density at radius 1 is 1.19 bits per heavy atom. The molecule has 0 bridgehead atoms. The number of fused-ring (bicyclic) bond motifs is 1. The summed E-state index contributed by atoms with van der Waals surface area (Å²) in [6, 6.07) is 11.0. The Labute approximate surface area is 157 Å². The van der Waals surface area contributed by atoms with E-state index in [4.69, 9.17) is 0 Å². The van der Waals surface area contributed by atoms with E-state index in [0.717, 1.165) is 5.56 Å². The van der Waals surface area contributed by atoms with Crippen LogP contribution in [0.2, 0.25) is 0 Å². The lowest BCUT2D eigenvalue weighted by Gasteiger charge is -2.19. The van der Waals surface area contributed by atoms with Crippen molar-refractivity contribution in [1.29, 1.82) is 0 Å². The number of rotatable bonds is 5. The average molecular weight is 384 g/mol. The molecule has 1 N–H and O–H groups in total. The normalized spacial score (nSPS) is 13.8. The number of carbonyl (C=O) groups excluding carboxylic acids is 1. The van der Waals surface area contributed by atoms with Crippen LogP contribution in [0, 0.1) is 13.8 Å². The number of nitrogens with one attached hydrogen (secondary N) is 1. The summed E-state index contributed by atoms with van der Waals surface area (Å²) in [5.74, 6) is -0.152. The van der Waals surface area contributed by atoms with Crippen molar-refractivity contribution in [3.63, 3.8) is 0 Å². The summed E-state index contributed by atoms with van der Waals surface area (Å²) < 4.78 is 29.6. The van der Waals surface area contributed by atoms with E-state index in [-0.39, 0.29) is 17.2 Å². The van der Waals surface area contributed by atoms with Gasteiger partial charge in [-0.3, -0.25) is 13.8 Å². The Hall–Kier alpha value is -2.87. The molecule has 0 spiro atoms. The van der Waals surface area contributed by atoms with Crippen LogP contribution in [0.4, 0.5) is 5.69 Å². The second kappa shape index (κ2) is 6.38. The SMILES string of the molecule is Cc1nn(CC(=O)c2ccc[nH]2)c(C)c1S(=O)(=O)N1CCc2ccccc21. The molecule has 7 nitrogen and oxygen atoms in total. The Balaban J connectivity index is 1.70. The number of nitrogens with zero attached hydrogens (tertiary/aromatic N) is 3. The molecule has 0 radical (unpaired) electrons. The summed E-state index contributed by atoms with van der Waals surface area (Å²) in [5.41, 5.74) is 3.07. The number of benzene rings is 1. The summed E-state index contributed by atoms with van der Waals surface area (Å²) in [6.07, 6.45) is 2.36. The van der Waals surface area contributed by atoms with Gasteiger partial charge < -0.3 is 4.98 Å². The lowest BCUT2D eigenvalue weighted by molar-refractivity contribution is 0.0962. The van der Waals surface area contributed by atoms with Gasteiger partial charge in [0.05, 0.1) is 22.8 Å². The van der Waals surface area contributed by atoms with Gasteiger partial charge in [-0.1, -0.05) is 18.2 Å². The van der Waals surface area contributed by atoms with Crippen molar-refractivity contribution >= 4 is 21.5 Å². The van der Waals surface area contributed by atoms with E-state index in [9.17, 15) is 13.2 Å². The van der Waals surface area contributed by atoms with Crippen LogP contribution in [0.25, 0.3) is 0 Å². The highest BCUT2D eigenvalue weighted by molar-refractivity contribution is 7.93. The van der Waals surface area contributed by atoms with Crippen molar-refractivity contribution in [2.24, 2.45) is 0 Å². The molecule has 0 saturated heterocycles. The van der Waals surface area contributed by atoms with Gasteiger partial charge in [0.15, 0.2) is 5.78 Å². The molecule has 1 aliphatic heterocycles. The molecule has 1 aliphatic rings. The second-order valence-corrected chi connectivity index (χ2v) is 8.42. The highest BCUT2D eigenvalue weighted by atomic mass is 32.2. The third-order valence-electron chi connectivity index (χ3n) is 4.90. The van der Waals surface area contributed by atoms with Gasteiger partial charge in [0.2, 0.25) is 0 Å². The minimum atomic E-state index is -3.75. The first-order valence-corrected chi connectivity index (χ1v) is 10.1. The van der Waals surface area contributed by atoms with E-state index in [0.29, 0.717) is 35.7 Å². The maximum Gasteiger partial charge on any atom is 0.268 e. The van der Waals surface area contributed by atoms with Crippen LogP contribution >= 0.6 is 0 Å². The highest BCUT2D eigenvalue weighted by Crippen LogP contribution is 2.34. The van der Waals surface area contributed by atoms with E-state index in [2.05, 4.69) is 10.1 Å². The molecule has 4 rings (SSSR count). The molecule has 0 fully saturated rings. The number of sulfonamides is 1. The minimum absolute atomic E-state index is 0.0146. The number of hydrogen-bond donors (Lipinski definition) is 1. The van der Waals surface area contributed by atoms with Crippen LogP contribution in [0.5, 0.6) is 0 Å². The fourth-order valence-electron chi connectivity index (χ4n) is 3.60. The number of para-hydroxylation sites is 1. The zero-order valence-corrected chi connectivity index (χ0v) is 16.0. The third-order valence-corrected chi connectivity index (χ3v) is 6.97. The molecule has 27 heavy (non-hydrogen) atoms. The number of aromatic nitrogens is 3. The zero-order valence-electron chi connectivity index (χ0n) is 15.1. The number of hydrogen-bond acceptors (Lipinski definition) is 4. The number of Topliss-reactive ketones (excluding diaryl/α,β-unsaturated/α-hetero) is 1. The molecule has 0 amide bonds. The molecule has 3 aromatic rings. The quantitative estimate of drug-likeness (QED) is 0.685. The fourth-order valence-corrected chi connectivity index (χ4v) is 5.48. The number of ketones is 1. The van der Waals surface area contributed by atoms with E-state index >= 15 is 0 Å². The molecule has 2 aromatic heterocycles. The minimum Gasteiger partial charge on any atom is -0.359 e. The number of aryl methyl sites for hydroxylation is 1. The van der Waals surface area contributed by atoms with Gasteiger partial charge in [0.25, 0.3) is 10.0 Å². The fraction of sp³-hybridized carbons (Fsp3) is 0.263. The first-order valence-electron chi connectivity index (χ1n) is 8.71. The highest BCUT2D eigenvalue weighted by Gasteiger charge is 2.35. The standard InChI is InChI=1S/C19H20N4O3S/c1-13-19(14(2)22(21-13)12-18(24)16-7-5-10-20-16)27(25,26)23-11-9-15-6-3-4-8-17(15)23/h3-8,10,20H,9,11-12H2,1-2H3. The van der Waals surface area contributed by atoms with Gasteiger partial charge in [0, 0.05) is 12.7 Å². The zero-order chi connectivity index (χ0) is 19.2. The molecule has 0 aliphatic carbocycles. The van der Waals surface area contributed by atoms with E-state index < -0.39 is 10.0 Å². The summed E-state index contributed by atoms with van der Waals surface area (Å²) in [5, 5.41) is 4.33. The Morgan fingerprint density at radius 3 is 2.70 bits per heavy atom. The van der Waals surface area contributed by atoms with Crippen molar-refractivity contribution in [1.82, 2.24) is 14.8 Å². The first kappa shape index (κ1) is 17.5. The van der Waals surface area contributed by atoms with Gasteiger partial charge in [-0.15, -0.1) is 0 Å². The summed E-state index contributed by atoms with van der Waals surface area (Å²) in [6.45, 7) is 3.75. The molecule has 1 aromatic carbocycles. The van der Waals surface area contributed by atoms with Gasteiger partial charge >= 0.3 is 0 Å². The molecular weight excluding hydrogens is 364 g/mol. The molecule has 140 valence electrons. The predicted molar refractivity (Wildman–Crippen MR) is 102 cm³/mol. The Morgan fingerprint density at radius 2 is 1.96 bits per heavy atom. The van der Waals surface area contributed by atoms with Gasteiger partial charge in [-0.05, 0) is 44.0 Å². The maximum absolute atomic E-state index is 13.3. The van der Waals surface area contributed by atoms with Crippen LogP contribution in [-0.4, -0.2) is 35.5 Å². The summed E-state index contributed by atoms with van der Waals surface area (Å²) in [7, 11) is -3.75. The van der Waals surface area contributed by atoms with E-state index in [1.807, 2.05) is 24.3 Å². The van der Waals surface area contributed by atoms with Gasteiger partial charge in [0.1, 0.15) is 11.4 Å². The second-order valence-electron chi connectivity index (χ2n) is 6.62. The van der Waals surface area contributed by atoms with Gasteiger partial charge in [-0.25, -0.2) is 8.42 Å². The van der Waals surface area contributed by atoms with Crippen molar-refractivity contribution in [3.05, 3.63) is 65.2 Å². The summed E-state index contributed by atoms with van der Waals surface area (Å²) >= 11 is 0. The summed E-state index contributed by atoms with van der Waals surface area (Å²) in [4.78, 5) is 15.4. The number of aromatic amines is 1. The van der Waals surface area contributed by atoms with Crippen molar-refractivity contribution in [2.45, 2.75) is 31.7 Å². The Kier molecular flexibility index (Phi) is 4.15. The number of anilines is 1. The monoisotopic (exact) mass is 384 g/mol. The van der Waals surface area contributed by atoms with E-state index in [1.165, 1.54) is 8.99 Å². The number of carbonyl (C=O) groups is 1. The predicted octanol–water partition coefficient (Wildman–Crippen LogP) is 2.46. The van der Waals surface area contributed by atoms with Crippen LogP contribution < -0.4 is 4.31 Å². The van der Waals surface area contributed by atoms with Crippen LogP contribution in [-0.2, 0) is 23.0 Å².